The Morgan fingerprint density at radius 2 is 2.22 bits per heavy atom. The maximum absolute atomic E-state index is 13.1. The normalized spacial score (nSPS) is 22.8. The van der Waals surface area contributed by atoms with Gasteiger partial charge in [-0.3, -0.25) is 0 Å². The van der Waals surface area contributed by atoms with Gasteiger partial charge in [-0.15, -0.1) is 12.4 Å². The molecule has 1 aromatic carbocycles. The molecular weight excluding hydrogens is 255 g/mol. The number of rotatable bonds is 4. The van der Waals surface area contributed by atoms with E-state index in [-0.39, 0.29) is 30.2 Å². The Bertz CT molecular complexity index is 389. The number of β-amino-alcohol motifs (C(OH)–C–C–N with tert-alkyl or cyclic N) is 1. The predicted molar refractivity (Wildman–Crippen MR) is 72.5 cm³/mol. The molecule has 0 amide bonds. The zero-order valence-electron chi connectivity index (χ0n) is 10.4. The zero-order valence-corrected chi connectivity index (χ0v) is 11.3. The van der Waals surface area contributed by atoms with Crippen molar-refractivity contribution in [2.45, 2.75) is 19.6 Å². The summed E-state index contributed by atoms with van der Waals surface area (Å²) in [6.07, 6.45) is -0.252. The van der Waals surface area contributed by atoms with Crippen LogP contribution in [0.5, 0.6) is 0 Å². The number of aliphatic hydroxyl groups excluding tert-OH is 1. The number of hydrogen-bond acceptors (Lipinski definition) is 3. The SMILES string of the molecule is Cc1cc(CNCC2CNCC2O)ccc1F.Cl. The second-order valence-electron chi connectivity index (χ2n) is 4.70. The third-order valence-corrected chi connectivity index (χ3v) is 3.26. The van der Waals surface area contributed by atoms with E-state index in [1.54, 1.807) is 13.0 Å². The van der Waals surface area contributed by atoms with Crippen LogP contribution in [-0.2, 0) is 6.54 Å². The van der Waals surface area contributed by atoms with E-state index in [0.29, 0.717) is 18.7 Å². The van der Waals surface area contributed by atoms with Gasteiger partial charge in [0.25, 0.3) is 0 Å². The Kier molecular flexibility index (Phi) is 6.02. The van der Waals surface area contributed by atoms with Crippen LogP contribution in [0, 0.1) is 18.7 Å². The van der Waals surface area contributed by atoms with Crippen molar-refractivity contribution in [2.75, 3.05) is 19.6 Å². The van der Waals surface area contributed by atoms with Crippen LogP contribution in [0.2, 0.25) is 0 Å². The highest BCUT2D eigenvalue weighted by Gasteiger charge is 2.23. The molecule has 0 aliphatic carbocycles. The Morgan fingerprint density at radius 1 is 1.44 bits per heavy atom. The summed E-state index contributed by atoms with van der Waals surface area (Å²) < 4.78 is 13.1. The monoisotopic (exact) mass is 274 g/mol. The Hall–Kier alpha value is -0.680. The molecule has 0 radical (unpaired) electrons. The van der Waals surface area contributed by atoms with Crippen molar-refractivity contribution in [2.24, 2.45) is 5.92 Å². The minimum Gasteiger partial charge on any atom is -0.391 e. The molecule has 2 rings (SSSR count). The minimum absolute atomic E-state index is 0. The van der Waals surface area contributed by atoms with Gasteiger partial charge in [0.05, 0.1) is 6.10 Å². The third kappa shape index (κ3) is 3.92. The molecule has 0 bridgehead atoms. The van der Waals surface area contributed by atoms with E-state index in [1.807, 2.05) is 6.07 Å². The number of halogens is 2. The number of aliphatic hydroxyl groups is 1. The molecule has 1 heterocycles. The predicted octanol–water partition coefficient (Wildman–Crippen LogP) is 1.23. The van der Waals surface area contributed by atoms with Crippen LogP contribution in [0.3, 0.4) is 0 Å². The summed E-state index contributed by atoms with van der Waals surface area (Å²) in [5, 5.41) is 16.1. The quantitative estimate of drug-likeness (QED) is 0.774. The van der Waals surface area contributed by atoms with E-state index in [4.69, 9.17) is 0 Å². The topological polar surface area (TPSA) is 44.3 Å². The van der Waals surface area contributed by atoms with Crippen LogP contribution in [0.4, 0.5) is 4.39 Å². The van der Waals surface area contributed by atoms with Crippen molar-refractivity contribution in [3.63, 3.8) is 0 Å². The molecule has 3 nitrogen and oxygen atoms in total. The van der Waals surface area contributed by atoms with E-state index in [2.05, 4.69) is 10.6 Å². The van der Waals surface area contributed by atoms with Gasteiger partial charge in [0.2, 0.25) is 0 Å². The van der Waals surface area contributed by atoms with Gasteiger partial charge < -0.3 is 15.7 Å². The lowest BCUT2D eigenvalue weighted by atomic mass is 10.1. The van der Waals surface area contributed by atoms with Crippen LogP contribution >= 0.6 is 12.4 Å². The highest BCUT2D eigenvalue weighted by atomic mass is 35.5. The molecule has 102 valence electrons. The van der Waals surface area contributed by atoms with Crippen LogP contribution in [0.1, 0.15) is 11.1 Å². The Morgan fingerprint density at radius 3 is 2.83 bits per heavy atom. The average Bonchev–Trinajstić information content (AvgIpc) is 2.70. The summed E-state index contributed by atoms with van der Waals surface area (Å²) in [4.78, 5) is 0. The fourth-order valence-electron chi connectivity index (χ4n) is 2.15. The lowest BCUT2D eigenvalue weighted by Crippen LogP contribution is -2.30. The summed E-state index contributed by atoms with van der Waals surface area (Å²) in [7, 11) is 0. The van der Waals surface area contributed by atoms with Gasteiger partial charge in [0, 0.05) is 32.1 Å². The Balaban J connectivity index is 0.00000162. The van der Waals surface area contributed by atoms with Gasteiger partial charge in [-0.05, 0) is 24.1 Å². The molecule has 0 aromatic heterocycles. The van der Waals surface area contributed by atoms with Crippen molar-refractivity contribution in [1.82, 2.24) is 10.6 Å². The first-order valence-electron chi connectivity index (χ1n) is 6.01. The fraction of sp³-hybridized carbons (Fsp3) is 0.538. The fourth-order valence-corrected chi connectivity index (χ4v) is 2.15. The zero-order chi connectivity index (χ0) is 12.3. The minimum atomic E-state index is -0.252. The van der Waals surface area contributed by atoms with Crippen molar-refractivity contribution in [3.8, 4) is 0 Å². The van der Waals surface area contributed by atoms with E-state index in [9.17, 15) is 9.50 Å². The highest BCUT2D eigenvalue weighted by molar-refractivity contribution is 5.85. The maximum Gasteiger partial charge on any atom is 0.126 e. The first-order valence-corrected chi connectivity index (χ1v) is 6.01. The molecule has 1 aliphatic rings. The first kappa shape index (κ1) is 15.4. The number of benzene rings is 1. The molecule has 1 saturated heterocycles. The molecule has 1 aliphatic heterocycles. The van der Waals surface area contributed by atoms with Gasteiger partial charge in [-0.25, -0.2) is 4.39 Å². The standard InChI is InChI=1S/C13H19FN2O.ClH/c1-9-4-10(2-3-12(9)14)5-15-6-11-7-16-8-13(11)17;/h2-4,11,13,15-17H,5-8H2,1H3;1H. The Labute approximate surface area is 113 Å². The largest absolute Gasteiger partial charge is 0.391 e. The number of aryl methyl sites for hydroxylation is 1. The lowest BCUT2D eigenvalue weighted by molar-refractivity contribution is 0.146. The van der Waals surface area contributed by atoms with Gasteiger partial charge in [0.1, 0.15) is 5.82 Å². The molecule has 0 spiro atoms. The third-order valence-electron chi connectivity index (χ3n) is 3.26. The second kappa shape index (κ2) is 7.04. The van der Waals surface area contributed by atoms with Crippen molar-refractivity contribution in [3.05, 3.63) is 35.1 Å². The van der Waals surface area contributed by atoms with Gasteiger partial charge in [-0.2, -0.15) is 0 Å². The van der Waals surface area contributed by atoms with Crippen molar-refractivity contribution in [1.29, 1.82) is 0 Å². The summed E-state index contributed by atoms with van der Waals surface area (Å²) in [6, 6.07) is 5.14. The summed E-state index contributed by atoms with van der Waals surface area (Å²) in [6.45, 7) is 4.80. The van der Waals surface area contributed by atoms with Gasteiger partial charge in [0.15, 0.2) is 0 Å². The van der Waals surface area contributed by atoms with E-state index in [0.717, 1.165) is 18.7 Å². The maximum atomic E-state index is 13.1. The average molecular weight is 275 g/mol. The van der Waals surface area contributed by atoms with E-state index < -0.39 is 0 Å². The molecule has 2 atom stereocenters. The molecule has 0 saturated carbocycles. The molecule has 1 fully saturated rings. The highest BCUT2D eigenvalue weighted by Crippen LogP contribution is 2.10. The van der Waals surface area contributed by atoms with Gasteiger partial charge >= 0.3 is 0 Å². The molecule has 5 heteroatoms. The van der Waals surface area contributed by atoms with Crippen LogP contribution in [-0.4, -0.2) is 30.8 Å². The summed E-state index contributed by atoms with van der Waals surface area (Å²) in [5.41, 5.74) is 1.75. The number of hydrogen-bond donors (Lipinski definition) is 3. The van der Waals surface area contributed by atoms with Crippen LogP contribution < -0.4 is 10.6 Å². The van der Waals surface area contributed by atoms with Crippen molar-refractivity contribution < 1.29 is 9.50 Å². The van der Waals surface area contributed by atoms with E-state index >= 15 is 0 Å². The molecule has 2 unspecified atom stereocenters. The van der Waals surface area contributed by atoms with Crippen LogP contribution in [0.25, 0.3) is 0 Å². The molecular formula is C13H20ClFN2O. The summed E-state index contributed by atoms with van der Waals surface area (Å²) >= 11 is 0. The smallest absolute Gasteiger partial charge is 0.126 e. The molecule has 18 heavy (non-hydrogen) atoms. The number of nitrogens with one attached hydrogen (secondary N) is 2. The summed E-state index contributed by atoms with van der Waals surface area (Å²) in [5.74, 6) is 0.112. The lowest BCUT2D eigenvalue weighted by Gasteiger charge is -2.14. The second-order valence-corrected chi connectivity index (χ2v) is 4.70. The molecule has 3 N–H and O–H groups in total. The van der Waals surface area contributed by atoms with Crippen LogP contribution in [0.15, 0.2) is 18.2 Å². The van der Waals surface area contributed by atoms with Gasteiger partial charge in [-0.1, -0.05) is 12.1 Å². The first-order chi connectivity index (χ1) is 8.16. The molecule has 1 aromatic rings. The van der Waals surface area contributed by atoms with E-state index in [1.165, 1.54) is 6.07 Å². The van der Waals surface area contributed by atoms with Crippen molar-refractivity contribution >= 4 is 12.4 Å².